The zero-order valence-corrected chi connectivity index (χ0v) is 16.9. The second-order valence-corrected chi connectivity index (χ2v) is 7.57. The number of thiazole rings is 1. The van der Waals surface area contributed by atoms with Crippen LogP contribution in [-0.4, -0.2) is 20.7 Å². The molecule has 3 aromatic heterocycles. The van der Waals surface area contributed by atoms with E-state index in [0.29, 0.717) is 17.1 Å². The van der Waals surface area contributed by atoms with E-state index in [-0.39, 0.29) is 30.0 Å². The number of rotatable bonds is 6. The number of nitrogens with zero attached hydrogens (tertiary/aromatic N) is 2. The number of aryl methyl sites for hydroxylation is 1. The molecule has 0 saturated carbocycles. The standard InChI is InChI=1S/C21H18N4O4S/c1-13-5-6-17(29-13)21-23-16(12-30-21)10-19(27)22-15-4-2-3-14(9-15)11-25-20(28)8-7-18(26)24-25/h2-9,12H,10-11H2,1H3,(H,22,27)(H,24,26). The molecule has 0 aliphatic heterocycles. The second kappa shape index (κ2) is 8.34. The molecule has 0 atom stereocenters. The van der Waals surface area contributed by atoms with E-state index in [0.717, 1.165) is 16.3 Å². The number of hydrogen-bond donors (Lipinski definition) is 2. The Morgan fingerprint density at radius 3 is 2.87 bits per heavy atom. The Balaban J connectivity index is 1.42. The van der Waals surface area contributed by atoms with Gasteiger partial charge in [0.1, 0.15) is 5.76 Å². The highest BCUT2D eigenvalue weighted by atomic mass is 32.1. The van der Waals surface area contributed by atoms with Crippen LogP contribution in [0.25, 0.3) is 10.8 Å². The molecule has 3 heterocycles. The number of H-pyrrole nitrogens is 1. The van der Waals surface area contributed by atoms with Crippen LogP contribution in [0.1, 0.15) is 17.0 Å². The van der Waals surface area contributed by atoms with Gasteiger partial charge in [0.15, 0.2) is 10.8 Å². The third-order valence-electron chi connectivity index (χ3n) is 4.28. The van der Waals surface area contributed by atoms with Crippen LogP contribution in [0.15, 0.2) is 67.9 Å². The predicted octanol–water partition coefficient (Wildman–Crippen LogP) is 2.79. The molecule has 0 radical (unpaired) electrons. The fourth-order valence-corrected chi connectivity index (χ4v) is 3.71. The Hall–Kier alpha value is -3.72. The number of aromatic amines is 1. The average Bonchev–Trinajstić information content (AvgIpc) is 3.34. The van der Waals surface area contributed by atoms with Crippen molar-refractivity contribution in [3.8, 4) is 10.8 Å². The first-order valence-corrected chi connectivity index (χ1v) is 10.0. The zero-order chi connectivity index (χ0) is 21.1. The summed E-state index contributed by atoms with van der Waals surface area (Å²) in [5.74, 6) is 1.29. The minimum Gasteiger partial charge on any atom is -0.459 e. The van der Waals surface area contributed by atoms with Crippen molar-refractivity contribution < 1.29 is 9.21 Å². The predicted molar refractivity (Wildman–Crippen MR) is 114 cm³/mol. The minimum absolute atomic E-state index is 0.131. The largest absolute Gasteiger partial charge is 0.459 e. The van der Waals surface area contributed by atoms with Crippen molar-refractivity contribution in [2.75, 3.05) is 5.32 Å². The van der Waals surface area contributed by atoms with Gasteiger partial charge in [-0.05, 0) is 36.8 Å². The topological polar surface area (TPSA) is 110 Å². The number of benzene rings is 1. The Morgan fingerprint density at radius 2 is 2.07 bits per heavy atom. The summed E-state index contributed by atoms with van der Waals surface area (Å²) in [4.78, 5) is 40.2. The molecule has 9 heteroatoms. The molecular formula is C21H18N4O4S. The lowest BCUT2D eigenvalue weighted by Crippen LogP contribution is -2.28. The summed E-state index contributed by atoms with van der Waals surface area (Å²) in [6, 6.07) is 13.2. The number of furan rings is 1. The minimum atomic E-state index is -0.355. The van der Waals surface area contributed by atoms with Crippen molar-refractivity contribution >= 4 is 22.9 Å². The van der Waals surface area contributed by atoms with Crippen molar-refractivity contribution in [1.82, 2.24) is 14.8 Å². The van der Waals surface area contributed by atoms with Crippen LogP contribution in [0.2, 0.25) is 0 Å². The van der Waals surface area contributed by atoms with E-state index in [1.165, 1.54) is 28.2 Å². The Kier molecular flexibility index (Phi) is 5.44. The first-order chi connectivity index (χ1) is 14.5. The smallest absolute Gasteiger partial charge is 0.265 e. The van der Waals surface area contributed by atoms with Crippen molar-refractivity contribution in [2.45, 2.75) is 19.9 Å². The first kappa shape index (κ1) is 19.6. The molecule has 4 aromatic rings. The molecule has 0 aliphatic carbocycles. The van der Waals surface area contributed by atoms with Gasteiger partial charge in [0.05, 0.1) is 18.7 Å². The highest BCUT2D eigenvalue weighted by Gasteiger charge is 2.12. The highest BCUT2D eigenvalue weighted by Crippen LogP contribution is 2.25. The van der Waals surface area contributed by atoms with Crippen LogP contribution < -0.4 is 16.4 Å². The summed E-state index contributed by atoms with van der Waals surface area (Å²) >= 11 is 1.42. The summed E-state index contributed by atoms with van der Waals surface area (Å²) < 4.78 is 6.78. The van der Waals surface area contributed by atoms with Gasteiger partial charge in [0.2, 0.25) is 5.91 Å². The molecule has 2 N–H and O–H groups in total. The summed E-state index contributed by atoms with van der Waals surface area (Å²) in [6.07, 6.45) is 0.131. The lowest BCUT2D eigenvalue weighted by Gasteiger charge is -2.08. The molecule has 152 valence electrons. The molecule has 0 fully saturated rings. The Bertz CT molecular complexity index is 1310. The highest BCUT2D eigenvalue weighted by molar-refractivity contribution is 7.13. The van der Waals surface area contributed by atoms with Crippen LogP contribution in [-0.2, 0) is 17.8 Å². The van der Waals surface area contributed by atoms with Gasteiger partial charge in [-0.15, -0.1) is 11.3 Å². The zero-order valence-electron chi connectivity index (χ0n) is 16.0. The first-order valence-electron chi connectivity index (χ1n) is 9.16. The number of nitrogens with one attached hydrogen (secondary N) is 2. The van der Waals surface area contributed by atoms with Crippen LogP contribution in [0, 0.1) is 6.92 Å². The quantitative estimate of drug-likeness (QED) is 0.497. The van der Waals surface area contributed by atoms with Crippen molar-refractivity contribution in [3.05, 3.63) is 91.6 Å². The van der Waals surface area contributed by atoms with E-state index in [9.17, 15) is 14.4 Å². The van der Waals surface area contributed by atoms with Gasteiger partial charge in [-0.3, -0.25) is 19.5 Å². The van der Waals surface area contributed by atoms with Crippen LogP contribution in [0.3, 0.4) is 0 Å². The third-order valence-corrected chi connectivity index (χ3v) is 5.19. The summed E-state index contributed by atoms with van der Waals surface area (Å²) in [5.41, 5.74) is 1.36. The van der Waals surface area contributed by atoms with Crippen molar-refractivity contribution in [3.63, 3.8) is 0 Å². The van der Waals surface area contributed by atoms with Gasteiger partial charge < -0.3 is 9.73 Å². The van der Waals surface area contributed by atoms with E-state index in [1.807, 2.05) is 30.5 Å². The van der Waals surface area contributed by atoms with E-state index in [2.05, 4.69) is 15.4 Å². The normalized spacial score (nSPS) is 10.8. The molecular weight excluding hydrogens is 404 g/mol. The SMILES string of the molecule is Cc1ccc(-c2nc(CC(=O)Nc3cccc(Cn4[nH]c(=O)ccc4=O)c3)cs2)o1. The van der Waals surface area contributed by atoms with Crippen LogP contribution in [0.5, 0.6) is 0 Å². The molecule has 8 nitrogen and oxygen atoms in total. The Labute approximate surface area is 174 Å². The number of carbonyl (C=O) groups is 1. The molecule has 1 aromatic carbocycles. The molecule has 0 bridgehead atoms. The lowest BCUT2D eigenvalue weighted by molar-refractivity contribution is -0.115. The summed E-state index contributed by atoms with van der Waals surface area (Å²) in [6.45, 7) is 2.06. The average molecular weight is 422 g/mol. The summed E-state index contributed by atoms with van der Waals surface area (Å²) in [7, 11) is 0. The molecule has 0 saturated heterocycles. The fraction of sp³-hybridized carbons (Fsp3) is 0.143. The van der Waals surface area contributed by atoms with Gasteiger partial charge in [-0.25, -0.2) is 9.67 Å². The number of hydrogen-bond acceptors (Lipinski definition) is 6. The second-order valence-electron chi connectivity index (χ2n) is 6.71. The molecule has 0 unspecified atom stereocenters. The van der Waals surface area contributed by atoms with Crippen molar-refractivity contribution in [2.24, 2.45) is 0 Å². The number of amides is 1. The molecule has 0 aliphatic rings. The van der Waals surface area contributed by atoms with Gasteiger partial charge in [0, 0.05) is 23.2 Å². The maximum atomic E-state index is 12.4. The molecule has 30 heavy (non-hydrogen) atoms. The van der Waals surface area contributed by atoms with E-state index in [1.54, 1.807) is 18.2 Å². The maximum absolute atomic E-state index is 12.4. The van der Waals surface area contributed by atoms with Gasteiger partial charge in [-0.2, -0.15) is 0 Å². The van der Waals surface area contributed by atoms with E-state index >= 15 is 0 Å². The van der Waals surface area contributed by atoms with Gasteiger partial charge >= 0.3 is 0 Å². The number of aromatic nitrogens is 3. The Morgan fingerprint density at radius 1 is 1.20 bits per heavy atom. The van der Waals surface area contributed by atoms with E-state index < -0.39 is 0 Å². The third kappa shape index (κ3) is 4.64. The molecule has 1 amide bonds. The maximum Gasteiger partial charge on any atom is 0.265 e. The molecule has 4 rings (SSSR count). The van der Waals surface area contributed by atoms with E-state index in [4.69, 9.17) is 4.42 Å². The number of carbonyl (C=O) groups excluding carboxylic acids is 1. The van der Waals surface area contributed by atoms with Gasteiger partial charge in [0.25, 0.3) is 11.1 Å². The van der Waals surface area contributed by atoms with Gasteiger partial charge in [-0.1, -0.05) is 12.1 Å². The monoisotopic (exact) mass is 422 g/mol. The fourth-order valence-electron chi connectivity index (χ4n) is 2.93. The van der Waals surface area contributed by atoms with Crippen molar-refractivity contribution in [1.29, 1.82) is 0 Å². The lowest BCUT2D eigenvalue weighted by atomic mass is 10.2. The van der Waals surface area contributed by atoms with Crippen LogP contribution in [0.4, 0.5) is 5.69 Å². The summed E-state index contributed by atoms with van der Waals surface area (Å²) in [5, 5.41) is 7.89. The van der Waals surface area contributed by atoms with Crippen LogP contribution >= 0.6 is 11.3 Å². The molecule has 0 spiro atoms. The number of anilines is 1.